The average Bonchev–Trinajstić information content (AvgIpc) is 2.60. The predicted molar refractivity (Wildman–Crippen MR) is 101 cm³/mol. The van der Waals surface area contributed by atoms with Gasteiger partial charge in [-0.2, -0.15) is 0 Å². The number of sulfonamides is 1. The Kier molecular flexibility index (Phi) is 5.33. The Balaban J connectivity index is 1.63. The number of esters is 1. The molecular formula is C17H16ClN3O5S. The number of amidine groups is 1. The quantitative estimate of drug-likeness (QED) is 0.759. The van der Waals surface area contributed by atoms with Crippen molar-refractivity contribution in [3.05, 3.63) is 53.2 Å². The second-order valence-electron chi connectivity index (χ2n) is 5.89. The van der Waals surface area contributed by atoms with Crippen molar-refractivity contribution in [2.75, 3.05) is 17.6 Å². The summed E-state index contributed by atoms with van der Waals surface area (Å²) < 4.78 is 31.8. The second kappa shape index (κ2) is 7.53. The summed E-state index contributed by atoms with van der Waals surface area (Å²) in [5, 5.41) is 3.08. The molecule has 3 rings (SSSR count). The van der Waals surface area contributed by atoms with Gasteiger partial charge in [-0.15, -0.1) is 4.40 Å². The minimum atomic E-state index is -3.47. The Labute approximate surface area is 161 Å². The highest BCUT2D eigenvalue weighted by atomic mass is 35.5. The molecule has 0 aliphatic carbocycles. The third-order valence-corrected chi connectivity index (χ3v) is 5.20. The Morgan fingerprint density at radius 3 is 2.85 bits per heavy atom. The highest BCUT2D eigenvalue weighted by Crippen LogP contribution is 2.18. The van der Waals surface area contributed by atoms with Crippen molar-refractivity contribution in [1.82, 2.24) is 4.90 Å². The van der Waals surface area contributed by atoms with Gasteiger partial charge in [0.15, 0.2) is 6.10 Å². The highest BCUT2D eigenvalue weighted by molar-refractivity contribution is 7.90. The first kappa shape index (κ1) is 19.1. The number of nitrogens with one attached hydrogen (secondary N) is 1. The van der Waals surface area contributed by atoms with Gasteiger partial charge >= 0.3 is 5.97 Å². The van der Waals surface area contributed by atoms with Gasteiger partial charge in [-0.3, -0.25) is 4.79 Å². The van der Waals surface area contributed by atoms with E-state index >= 15 is 0 Å². The molecule has 0 saturated carbocycles. The lowest BCUT2D eigenvalue weighted by molar-refractivity contribution is -0.149. The molecule has 0 aromatic heterocycles. The van der Waals surface area contributed by atoms with Crippen LogP contribution in [0, 0.1) is 0 Å². The van der Waals surface area contributed by atoms with Crippen molar-refractivity contribution in [1.29, 1.82) is 0 Å². The van der Waals surface area contributed by atoms with Crippen LogP contribution in [0.3, 0.4) is 0 Å². The molecule has 1 atom stereocenters. The lowest BCUT2D eigenvalue weighted by Gasteiger charge is -2.27. The number of benzene rings is 1. The van der Waals surface area contributed by atoms with Crippen LogP contribution in [0.2, 0.25) is 5.02 Å². The van der Waals surface area contributed by atoms with E-state index in [9.17, 15) is 18.0 Å². The fourth-order valence-electron chi connectivity index (χ4n) is 2.41. The van der Waals surface area contributed by atoms with Crippen LogP contribution >= 0.6 is 11.6 Å². The van der Waals surface area contributed by atoms with Gasteiger partial charge in [0.2, 0.25) is 0 Å². The van der Waals surface area contributed by atoms with Crippen molar-refractivity contribution in [3.63, 3.8) is 0 Å². The fraction of sp³-hybridized carbons (Fsp3) is 0.235. The predicted octanol–water partition coefficient (Wildman–Crippen LogP) is 1.71. The van der Waals surface area contributed by atoms with Crippen molar-refractivity contribution in [2.45, 2.75) is 13.0 Å². The summed E-state index contributed by atoms with van der Waals surface area (Å²) in [6.07, 6.45) is 3.24. The molecule has 0 spiro atoms. The van der Waals surface area contributed by atoms with E-state index in [0.29, 0.717) is 10.7 Å². The summed E-state index contributed by atoms with van der Waals surface area (Å²) in [6.45, 7) is 1.64. The van der Waals surface area contributed by atoms with Crippen molar-refractivity contribution in [2.24, 2.45) is 4.40 Å². The van der Waals surface area contributed by atoms with Crippen LogP contribution in [-0.4, -0.2) is 49.4 Å². The highest BCUT2D eigenvalue weighted by Gasteiger charge is 2.27. The molecule has 1 unspecified atom stereocenters. The summed E-state index contributed by atoms with van der Waals surface area (Å²) in [4.78, 5) is 26.0. The number of halogens is 1. The van der Waals surface area contributed by atoms with Crippen LogP contribution in [0.4, 0.5) is 5.69 Å². The molecule has 0 saturated heterocycles. The molecule has 142 valence electrons. The Hall–Kier alpha value is -2.65. The molecule has 2 aliphatic rings. The summed E-state index contributed by atoms with van der Waals surface area (Å²) >= 11 is 5.86. The maximum Gasteiger partial charge on any atom is 0.340 e. The van der Waals surface area contributed by atoms with E-state index < -0.39 is 28.0 Å². The van der Waals surface area contributed by atoms with E-state index in [4.69, 9.17) is 16.3 Å². The number of rotatable bonds is 4. The number of hydrogen-bond acceptors (Lipinski definition) is 6. The number of carbonyl (C=O) groups excluding carboxylic acids is 2. The molecule has 2 aliphatic heterocycles. The smallest absolute Gasteiger partial charge is 0.340 e. The molecule has 1 amide bonds. The third kappa shape index (κ3) is 4.75. The van der Waals surface area contributed by atoms with E-state index in [1.807, 2.05) is 0 Å². The molecule has 1 aromatic rings. The number of anilines is 1. The number of amides is 1. The maximum absolute atomic E-state index is 12.3. The Morgan fingerprint density at radius 2 is 2.11 bits per heavy atom. The largest absolute Gasteiger partial charge is 0.449 e. The maximum atomic E-state index is 12.3. The van der Waals surface area contributed by atoms with Gasteiger partial charge < -0.3 is 15.0 Å². The minimum absolute atomic E-state index is 0.137. The standard InChI is InChI=1S/C17H16ClN3O5S/c1-11(16(22)19-14-4-2-3-13(18)9-14)26-17(23)12-5-6-15-20-27(24,25)8-7-21(15)10-12/h2-6,9-11H,7-8H2,1H3,(H,19,22). The average molecular weight is 410 g/mol. The molecule has 8 nitrogen and oxygen atoms in total. The van der Waals surface area contributed by atoms with Gasteiger partial charge in [0.25, 0.3) is 15.9 Å². The number of hydrogen-bond donors (Lipinski definition) is 1. The summed E-state index contributed by atoms with van der Waals surface area (Å²) in [6, 6.07) is 6.60. The summed E-state index contributed by atoms with van der Waals surface area (Å²) in [7, 11) is -3.47. The molecule has 0 fully saturated rings. The van der Waals surface area contributed by atoms with E-state index in [-0.39, 0.29) is 23.7 Å². The molecule has 27 heavy (non-hydrogen) atoms. The van der Waals surface area contributed by atoms with Crippen molar-refractivity contribution >= 4 is 45.0 Å². The van der Waals surface area contributed by atoms with Crippen LogP contribution < -0.4 is 5.32 Å². The molecular weight excluding hydrogens is 394 g/mol. The normalized spacial score (nSPS) is 18.7. The summed E-state index contributed by atoms with van der Waals surface area (Å²) in [5.41, 5.74) is 0.679. The van der Waals surface area contributed by atoms with Crippen LogP contribution in [0.15, 0.2) is 52.6 Å². The van der Waals surface area contributed by atoms with Gasteiger partial charge in [-0.1, -0.05) is 17.7 Å². The van der Waals surface area contributed by atoms with Crippen LogP contribution in [0.1, 0.15) is 6.92 Å². The number of ether oxygens (including phenoxy) is 1. The van der Waals surface area contributed by atoms with E-state index in [1.54, 1.807) is 29.2 Å². The number of nitrogens with zero attached hydrogens (tertiary/aromatic N) is 2. The first-order valence-corrected chi connectivity index (χ1v) is 9.99. The number of fused-ring (bicyclic) bond motifs is 1. The van der Waals surface area contributed by atoms with E-state index in [2.05, 4.69) is 9.71 Å². The van der Waals surface area contributed by atoms with Gasteiger partial charge in [-0.05, 0) is 37.3 Å². The molecule has 0 bridgehead atoms. The second-order valence-corrected chi connectivity index (χ2v) is 8.08. The minimum Gasteiger partial charge on any atom is -0.449 e. The molecule has 0 radical (unpaired) electrons. The zero-order chi connectivity index (χ0) is 19.6. The van der Waals surface area contributed by atoms with E-state index in [0.717, 1.165) is 0 Å². The first-order valence-electron chi connectivity index (χ1n) is 8.00. The third-order valence-electron chi connectivity index (χ3n) is 3.80. The van der Waals surface area contributed by atoms with Crippen LogP contribution in [0.25, 0.3) is 0 Å². The molecule has 1 aromatic carbocycles. The topological polar surface area (TPSA) is 105 Å². The van der Waals surface area contributed by atoms with Gasteiger partial charge in [0, 0.05) is 23.5 Å². The summed E-state index contributed by atoms with van der Waals surface area (Å²) in [5.74, 6) is -1.10. The lowest BCUT2D eigenvalue weighted by atomic mass is 10.2. The molecule has 2 heterocycles. The Bertz CT molecular complexity index is 984. The molecule has 10 heteroatoms. The fourth-order valence-corrected chi connectivity index (χ4v) is 3.57. The van der Waals surface area contributed by atoms with Gasteiger partial charge in [-0.25, -0.2) is 13.2 Å². The lowest BCUT2D eigenvalue weighted by Crippen LogP contribution is -2.37. The first-order chi connectivity index (χ1) is 12.7. The molecule has 1 N–H and O–H groups in total. The monoisotopic (exact) mass is 409 g/mol. The van der Waals surface area contributed by atoms with Crippen LogP contribution in [0.5, 0.6) is 0 Å². The zero-order valence-corrected chi connectivity index (χ0v) is 15.8. The van der Waals surface area contributed by atoms with Gasteiger partial charge in [0.05, 0.1) is 11.3 Å². The van der Waals surface area contributed by atoms with Crippen LogP contribution in [-0.2, 0) is 24.3 Å². The Morgan fingerprint density at radius 1 is 1.33 bits per heavy atom. The van der Waals surface area contributed by atoms with E-state index in [1.165, 1.54) is 25.3 Å². The van der Waals surface area contributed by atoms with Crippen molar-refractivity contribution < 1.29 is 22.7 Å². The SMILES string of the molecule is CC(OC(=O)C1=CN2CCS(=O)(=O)N=C2C=C1)C(=O)Nc1cccc(Cl)c1. The zero-order valence-electron chi connectivity index (χ0n) is 14.3. The number of carbonyl (C=O) groups is 2. The van der Waals surface area contributed by atoms with Gasteiger partial charge in [0.1, 0.15) is 5.84 Å². The van der Waals surface area contributed by atoms with Crippen molar-refractivity contribution in [3.8, 4) is 0 Å².